The van der Waals surface area contributed by atoms with E-state index in [1.165, 1.54) is 95.4 Å². The first-order valence-electron chi connectivity index (χ1n) is 12.7. The molecule has 4 rings (SSSR count). The molecule has 0 bridgehead atoms. The molecule has 4 aromatic rings. The lowest BCUT2D eigenvalue weighted by molar-refractivity contribution is -0.114. The maximum atomic E-state index is 14.0. The van der Waals surface area contributed by atoms with Crippen LogP contribution < -0.4 is 33.3 Å². The van der Waals surface area contributed by atoms with E-state index in [4.69, 9.17) is 18.9 Å². The molecule has 0 unspecified atom stereocenters. The van der Waals surface area contributed by atoms with Crippen molar-refractivity contribution in [2.45, 2.75) is 9.79 Å². The Kier molecular flexibility index (Phi) is 9.75. The zero-order valence-corrected chi connectivity index (χ0v) is 25.7. The van der Waals surface area contributed by atoms with Crippen LogP contribution in [0.15, 0.2) is 88.9 Å². The van der Waals surface area contributed by atoms with Gasteiger partial charge < -0.3 is 24.3 Å². The van der Waals surface area contributed by atoms with E-state index < -0.39 is 32.5 Å². The van der Waals surface area contributed by atoms with Gasteiger partial charge in [-0.15, -0.1) is 0 Å². The van der Waals surface area contributed by atoms with Crippen molar-refractivity contribution in [2.24, 2.45) is 0 Å². The van der Waals surface area contributed by atoms with E-state index in [1.807, 2.05) is 0 Å². The Hall–Kier alpha value is -5.09. The number of hydrogen-bond acceptors (Lipinski definition) is 11. The SMILES string of the molecule is COc1ccc(OC)c(N(CC(=O)Nc2ccc(S(=O)(=O)Nc3ncccn3)cc2)S(=O)(=O)c2ccc(OC)c(OC)c2)c1. The molecule has 0 fully saturated rings. The number of nitrogens with one attached hydrogen (secondary N) is 2. The molecule has 16 heteroatoms. The van der Waals surface area contributed by atoms with Crippen molar-refractivity contribution in [1.29, 1.82) is 0 Å². The second-order valence-corrected chi connectivity index (χ2v) is 12.4. The minimum absolute atomic E-state index is 0.0347. The second-order valence-electron chi connectivity index (χ2n) is 8.82. The highest BCUT2D eigenvalue weighted by Gasteiger charge is 2.31. The van der Waals surface area contributed by atoms with Crippen LogP contribution in [-0.4, -0.2) is 67.7 Å². The summed E-state index contributed by atoms with van der Waals surface area (Å²) in [6.07, 6.45) is 2.78. The van der Waals surface area contributed by atoms with Gasteiger partial charge in [0, 0.05) is 30.2 Å². The second kappa shape index (κ2) is 13.5. The number of amides is 1. The van der Waals surface area contributed by atoms with Gasteiger partial charge in [0.05, 0.1) is 43.9 Å². The van der Waals surface area contributed by atoms with Crippen LogP contribution in [0.1, 0.15) is 0 Å². The summed E-state index contributed by atoms with van der Waals surface area (Å²) in [4.78, 5) is 20.7. The summed E-state index contributed by atoms with van der Waals surface area (Å²) in [7, 11) is -2.86. The Balaban J connectivity index is 1.64. The van der Waals surface area contributed by atoms with Crippen LogP contribution in [0.3, 0.4) is 0 Å². The molecular weight excluding hydrogens is 614 g/mol. The number of carbonyl (C=O) groups is 1. The number of anilines is 3. The topological polar surface area (TPSA) is 175 Å². The van der Waals surface area contributed by atoms with E-state index in [9.17, 15) is 21.6 Å². The van der Waals surface area contributed by atoms with Crippen LogP contribution in [-0.2, 0) is 24.8 Å². The van der Waals surface area contributed by atoms with Gasteiger partial charge >= 0.3 is 0 Å². The largest absolute Gasteiger partial charge is 0.497 e. The lowest BCUT2D eigenvalue weighted by Gasteiger charge is -2.26. The number of hydrogen-bond donors (Lipinski definition) is 2. The van der Waals surface area contributed by atoms with Gasteiger partial charge in [-0.2, -0.15) is 0 Å². The van der Waals surface area contributed by atoms with Crippen LogP contribution in [0.4, 0.5) is 17.3 Å². The Morgan fingerprint density at radius 2 is 1.36 bits per heavy atom. The molecule has 0 saturated carbocycles. The van der Waals surface area contributed by atoms with Crippen LogP contribution >= 0.6 is 0 Å². The number of methoxy groups -OCH3 is 4. The average Bonchev–Trinajstić information content (AvgIpc) is 3.03. The highest BCUT2D eigenvalue weighted by atomic mass is 32.2. The van der Waals surface area contributed by atoms with E-state index in [2.05, 4.69) is 20.0 Å². The maximum Gasteiger partial charge on any atom is 0.265 e. The van der Waals surface area contributed by atoms with Crippen LogP contribution in [0, 0.1) is 0 Å². The monoisotopic (exact) mass is 643 g/mol. The molecule has 0 saturated heterocycles. The third kappa shape index (κ3) is 7.09. The quantitative estimate of drug-likeness (QED) is 0.219. The first-order chi connectivity index (χ1) is 21.0. The highest BCUT2D eigenvalue weighted by Crippen LogP contribution is 2.37. The number of aromatic nitrogens is 2. The van der Waals surface area contributed by atoms with E-state index >= 15 is 0 Å². The highest BCUT2D eigenvalue weighted by molar-refractivity contribution is 7.93. The molecule has 2 N–H and O–H groups in total. The van der Waals surface area contributed by atoms with Crippen LogP contribution in [0.5, 0.6) is 23.0 Å². The molecule has 0 aliphatic carbocycles. The third-order valence-electron chi connectivity index (χ3n) is 6.12. The standard InChI is InChI=1S/C28H29N5O9S2/c1-39-20-8-12-24(40-2)23(16-20)33(44(37,38)22-11-13-25(41-3)26(17-22)42-4)18-27(34)31-19-6-9-21(10-7-19)43(35,36)32-28-29-14-5-15-30-28/h5-17H,18H2,1-4H3,(H,31,34)(H,29,30,32). The molecule has 0 spiro atoms. The smallest absolute Gasteiger partial charge is 0.265 e. The summed E-state index contributed by atoms with van der Waals surface area (Å²) < 4.78 is 77.8. The molecule has 1 heterocycles. The van der Waals surface area contributed by atoms with Gasteiger partial charge in [-0.25, -0.2) is 31.5 Å². The average molecular weight is 644 g/mol. The predicted molar refractivity (Wildman–Crippen MR) is 162 cm³/mol. The minimum atomic E-state index is -4.41. The number of nitrogens with zero attached hydrogens (tertiary/aromatic N) is 3. The van der Waals surface area contributed by atoms with Crippen molar-refractivity contribution in [3.8, 4) is 23.0 Å². The number of benzene rings is 3. The van der Waals surface area contributed by atoms with E-state index in [1.54, 1.807) is 12.1 Å². The Labute approximate surface area is 254 Å². The van der Waals surface area contributed by atoms with Crippen molar-refractivity contribution in [1.82, 2.24) is 9.97 Å². The first-order valence-corrected chi connectivity index (χ1v) is 15.6. The van der Waals surface area contributed by atoms with Crippen LogP contribution in [0.25, 0.3) is 0 Å². The van der Waals surface area contributed by atoms with Crippen molar-refractivity contribution >= 4 is 43.3 Å². The zero-order valence-electron chi connectivity index (χ0n) is 24.0. The van der Waals surface area contributed by atoms with Crippen molar-refractivity contribution in [3.05, 3.63) is 79.1 Å². The molecule has 0 aliphatic heterocycles. The first kappa shape index (κ1) is 31.8. The van der Waals surface area contributed by atoms with Gasteiger partial charge in [0.15, 0.2) is 11.5 Å². The summed E-state index contributed by atoms with van der Waals surface area (Å²) in [5.74, 6) is 0.122. The van der Waals surface area contributed by atoms with Gasteiger partial charge in [0.1, 0.15) is 18.0 Å². The molecule has 0 atom stereocenters. The van der Waals surface area contributed by atoms with Gasteiger partial charge in [-0.3, -0.25) is 9.10 Å². The number of sulfonamides is 2. The van der Waals surface area contributed by atoms with Crippen LogP contribution in [0.2, 0.25) is 0 Å². The number of rotatable bonds is 13. The molecule has 232 valence electrons. The Bertz CT molecular complexity index is 1840. The van der Waals surface area contributed by atoms with Gasteiger partial charge in [-0.1, -0.05) is 0 Å². The molecule has 44 heavy (non-hydrogen) atoms. The Morgan fingerprint density at radius 1 is 0.750 bits per heavy atom. The van der Waals surface area contributed by atoms with E-state index in [0.29, 0.717) is 11.5 Å². The molecule has 0 aliphatic rings. The Morgan fingerprint density at radius 3 is 1.98 bits per heavy atom. The van der Waals surface area contributed by atoms with E-state index in [-0.39, 0.29) is 38.6 Å². The van der Waals surface area contributed by atoms with Gasteiger partial charge in [0.2, 0.25) is 11.9 Å². The van der Waals surface area contributed by atoms with Crippen molar-refractivity contribution in [3.63, 3.8) is 0 Å². The summed E-state index contributed by atoms with van der Waals surface area (Å²) >= 11 is 0. The summed E-state index contributed by atoms with van der Waals surface area (Å²) in [6, 6.07) is 15.3. The molecule has 1 amide bonds. The molecule has 1 aromatic heterocycles. The fourth-order valence-corrected chi connectivity index (χ4v) is 6.37. The fourth-order valence-electron chi connectivity index (χ4n) is 3.97. The fraction of sp³-hybridized carbons (Fsp3) is 0.179. The normalized spacial score (nSPS) is 11.3. The van der Waals surface area contributed by atoms with Gasteiger partial charge in [0.25, 0.3) is 20.0 Å². The summed E-state index contributed by atoms with van der Waals surface area (Å²) in [6.45, 7) is -0.687. The van der Waals surface area contributed by atoms with Crippen molar-refractivity contribution in [2.75, 3.05) is 49.3 Å². The number of carbonyl (C=O) groups excluding carboxylic acids is 1. The number of ether oxygens (including phenoxy) is 4. The molecule has 14 nitrogen and oxygen atoms in total. The van der Waals surface area contributed by atoms with Crippen molar-refractivity contribution < 1.29 is 40.6 Å². The van der Waals surface area contributed by atoms with Gasteiger partial charge in [-0.05, 0) is 54.6 Å². The lowest BCUT2D eigenvalue weighted by atomic mass is 10.2. The lowest BCUT2D eigenvalue weighted by Crippen LogP contribution is -2.38. The third-order valence-corrected chi connectivity index (χ3v) is 9.22. The summed E-state index contributed by atoms with van der Waals surface area (Å²) in [5.41, 5.74) is 0.249. The minimum Gasteiger partial charge on any atom is -0.497 e. The molecule has 3 aromatic carbocycles. The van der Waals surface area contributed by atoms with E-state index in [0.717, 1.165) is 4.31 Å². The molecule has 0 radical (unpaired) electrons. The zero-order chi connectivity index (χ0) is 31.9. The maximum absolute atomic E-state index is 14.0. The summed E-state index contributed by atoms with van der Waals surface area (Å²) in [5, 5.41) is 2.60. The predicted octanol–water partition coefficient (Wildman–Crippen LogP) is 3.15. The molecular formula is C28H29N5O9S2.